The molecule has 2 N–H and O–H groups in total. The first kappa shape index (κ1) is 19.7. The molecule has 1 aromatic rings. The fraction of sp³-hybridized carbons (Fsp3) is 0.579. The van der Waals surface area contributed by atoms with Crippen molar-refractivity contribution in [2.75, 3.05) is 6.61 Å². The molecule has 2 aliphatic rings. The molecule has 2 unspecified atom stereocenters. The van der Waals surface area contributed by atoms with Crippen molar-refractivity contribution >= 4 is 24.3 Å². The second-order valence-electron chi connectivity index (χ2n) is 6.87. The van der Waals surface area contributed by atoms with Gasteiger partial charge in [0.05, 0.1) is 12.2 Å². The average molecular weight is 367 g/mol. The molecule has 1 aromatic carbocycles. The van der Waals surface area contributed by atoms with E-state index in [0.717, 1.165) is 18.4 Å². The van der Waals surface area contributed by atoms with Gasteiger partial charge in [-0.15, -0.1) is 12.4 Å². The number of piperidine rings is 1. The molecule has 2 saturated heterocycles. The zero-order valence-electron chi connectivity index (χ0n) is 14.6. The third kappa shape index (κ3) is 5.44. The van der Waals surface area contributed by atoms with Gasteiger partial charge in [0.25, 0.3) is 0 Å². The molecular formula is C19H27ClN2O3. The highest BCUT2D eigenvalue weighted by molar-refractivity contribution is 5.89. The lowest BCUT2D eigenvalue weighted by molar-refractivity contribution is -0.122. The summed E-state index contributed by atoms with van der Waals surface area (Å²) in [5.74, 6) is 0.319. The molecule has 5 nitrogen and oxygen atoms in total. The molecule has 0 aliphatic carbocycles. The van der Waals surface area contributed by atoms with Crippen LogP contribution in [0.25, 0.3) is 0 Å². The molecule has 2 fully saturated rings. The zero-order valence-corrected chi connectivity index (χ0v) is 15.4. The third-order valence-electron chi connectivity index (χ3n) is 5.00. The Morgan fingerprint density at radius 1 is 1.16 bits per heavy atom. The fourth-order valence-corrected chi connectivity index (χ4v) is 3.85. The molecule has 2 heterocycles. The molecular weight excluding hydrogens is 340 g/mol. The van der Waals surface area contributed by atoms with Crippen molar-refractivity contribution in [3.05, 3.63) is 35.4 Å². The van der Waals surface area contributed by atoms with E-state index in [-0.39, 0.29) is 24.3 Å². The Balaban J connectivity index is 0.00000225. The molecule has 25 heavy (non-hydrogen) atoms. The predicted molar refractivity (Wildman–Crippen MR) is 98.8 cm³/mol. The Morgan fingerprint density at radius 3 is 2.40 bits per heavy atom. The SMILES string of the molecule is CCOC(=O)c1ccc(CNC(=O)CC2CC3CCC(C2)N3)cc1.Cl. The van der Waals surface area contributed by atoms with Gasteiger partial charge in [0.2, 0.25) is 5.91 Å². The van der Waals surface area contributed by atoms with E-state index >= 15 is 0 Å². The van der Waals surface area contributed by atoms with Gasteiger partial charge in [-0.1, -0.05) is 12.1 Å². The van der Waals surface area contributed by atoms with E-state index in [1.54, 1.807) is 19.1 Å². The van der Waals surface area contributed by atoms with Gasteiger partial charge in [-0.3, -0.25) is 4.79 Å². The van der Waals surface area contributed by atoms with Gasteiger partial charge in [0.15, 0.2) is 0 Å². The van der Waals surface area contributed by atoms with Crippen LogP contribution in [0.4, 0.5) is 0 Å². The number of halogens is 1. The van der Waals surface area contributed by atoms with Gasteiger partial charge in [-0.2, -0.15) is 0 Å². The number of nitrogens with one attached hydrogen (secondary N) is 2. The summed E-state index contributed by atoms with van der Waals surface area (Å²) in [6.45, 7) is 2.66. The summed E-state index contributed by atoms with van der Waals surface area (Å²) < 4.78 is 4.96. The van der Waals surface area contributed by atoms with Crippen LogP contribution in [-0.4, -0.2) is 30.6 Å². The number of fused-ring (bicyclic) bond motifs is 2. The van der Waals surface area contributed by atoms with Crippen LogP contribution in [0.5, 0.6) is 0 Å². The van der Waals surface area contributed by atoms with Gasteiger partial charge >= 0.3 is 5.97 Å². The quantitative estimate of drug-likeness (QED) is 0.760. The molecule has 1 amide bonds. The molecule has 138 valence electrons. The standard InChI is InChI=1S/C19H26N2O3.ClH/c1-2-24-19(23)15-5-3-13(4-6-15)12-20-18(22)11-14-9-16-7-8-17(10-14)21-16;/h3-6,14,16-17,21H,2,7-12H2,1H3,(H,20,22);1H. The van der Waals surface area contributed by atoms with Crippen LogP contribution in [0, 0.1) is 5.92 Å². The number of carbonyl (C=O) groups is 2. The van der Waals surface area contributed by atoms with Crippen molar-refractivity contribution in [2.24, 2.45) is 5.92 Å². The maximum absolute atomic E-state index is 12.2. The molecule has 2 atom stereocenters. The summed E-state index contributed by atoms with van der Waals surface area (Å²) in [7, 11) is 0. The summed E-state index contributed by atoms with van der Waals surface area (Å²) >= 11 is 0. The van der Waals surface area contributed by atoms with Crippen LogP contribution in [-0.2, 0) is 16.1 Å². The van der Waals surface area contributed by atoms with Gasteiger partial charge in [0.1, 0.15) is 0 Å². The van der Waals surface area contributed by atoms with E-state index in [0.29, 0.717) is 43.1 Å². The van der Waals surface area contributed by atoms with Crippen molar-refractivity contribution in [2.45, 2.75) is 57.7 Å². The highest BCUT2D eigenvalue weighted by Gasteiger charge is 2.34. The molecule has 2 aliphatic heterocycles. The van der Waals surface area contributed by atoms with Crippen molar-refractivity contribution < 1.29 is 14.3 Å². The van der Waals surface area contributed by atoms with Crippen LogP contribution in [0.15, 0.2) is 24.3 Å². The van der Waals surface area contributed by atoms with Crippen molar-refractivity contribution in [3.8, 4) is 0 Å². The molecule has 0 aromatic heterocycles. The second-order valence-corrected chi connectivity index (χ2v) is 6.87. The molecule has 3 rings (SSSR count). The number of rotatable bonds is 6. The lowest BCUT2D eigenvalue weighted by atomic mass is 9.89. The number of benzene rings is 1. The maximum atomic E-state index is 12.2. The topological polar surface area (TPSA) is 67.4 Å². The number of amides is 1. The van der Waals surface area contributed by atoms with Crippen molar-refractivity contribution in [1.29, 1.82) is 0 Å². The van der Waals surface area contributed by atoms with Crippen molar-refractivity contribution in [3.63, 3.8) is 0 Å². The summed E-state index contributed by atoms with van der Waals surface area (Å²) in [6, 6.07) is 8.44. The zero-order chi connectivity index (χ0) is 16.9. The maximum Gasteiger partial charge on any atom is 0.338 e. The molecule has 0 spiro atoms. The Morgan fingerprint density at radius 2 is 1.80 bits per heavy atom. The normalized spacial score (nSPS) is 24.3. The Labute approximate surface area is 155 Å². The van der Waals surface area contributed by atoms with E-state index < -0.39 is 0 Å². The van der Waals surface area contributed by atoms with Crippen LogP contribution in [0.1, 0.15) is 54.9 Å². The van der Waals surface area contributed by atoms with Gasteiger partial charge in [-0.05, 0) is 56.2 Å². The Bertz CT molecular complexity index is 579. The molecule has 0 radical (unpaired) electrons. The minimum atomic E-state index is -0.311. The van der Waals surface area contributed by atoms with Gasteiger partial charge in [0, 0.05) is 25.0 Å². The van der Waals surface area contributed by atoms with E-state index in [1.165, 1.54) is 12.8 Å². The Hall–Kier alpha value is -1.59. The van der Waals surface area contributed by atoms with Gasteiger partial charge < -0.3 is 15.4 Å². The number of esters is 1. The van der Waals surface area contributed by atoms with Crippen LogP contribution >= 0.6 is 12.4 Å². The minimum Gasteiger partial charge on any atom is -0.462 e. The first-order valence-corrected chi connectivity index (χ1v) is 8.93. The summed E-state index contributed by atoms with van der Waals surface area (Å²) in [4.78, 5) is 23.8. The summed E-state index contributed by atoms with van der Waals surface area (Å²) in [5, 5.41) is 6.60. The molecule has 2 bridgehead atoms. The first-order chi connectivity index (χ1) is 11.6. The smallest absolute Gasteiger partial charge is 0.338 e. The number of ether oxygens (including phenoxy) is 1. The highest BCUT2D eigenvalue weighted by atomic mass is 35.5. The second kappa shape index (κ2) is 9.20. The minimum absolute atomic E-state index is 0. The fourth-order valence-electron chi connectivity index (χ4n) is 3.85. The van der Waals surface area contributed by atoms with E-state index in [2.05, 4.69) is 10.6 Å². The highest BCUT2D eigenvalue weighted by Crippen LogP contribution is 2.32. The summed E-state index contributed by atoms with van der Waals surface area (Å²) in [6.07, 6.45) is 5.39. The number of hydrogen-bond acceptors (Lipinski definition) is 4. The van der Waals surface area contributed by atoms with E-state index in [4.69, 9.17) is 4.74 Å². The third-order valence-corrected chi connectivity index (χ3v) is 5.00. The van der Waals surface area contributed by atoms with Crippen LogP contribution in [0.3, 0.4) is 0 Å². The molecule has 0 saturated carbocycles. The first-order valence-electron chi connectivity index (χ1n) is 8.93. The number of carbonyl (C=O) groups excluding carboxylic acids is 2. The number of hydrogen-bond donors (Lipinski definition) is 2. The lowest BCUT2D eigenvalue weighted by Crippen LogP contribution is -2.39. The van der Waals surface area contributed by atoms with Crippen LogP contribution < -0.4 is 10.6 Å². The van der Waals surface area contributed by atoms with Gasteiger partial charge in [-0.25, -0.2) is 4.79 Å². The predicted octanol–water partition coefficient (Wildman–Crippen LogP) is 2.82. The van der Waals surface area contributed by atoms with Crippen LogP contribution in [0.2, 0.25) is 0 Å². The lowest BCUT2D eigenvalue weighted by Gasteiger charge is -2.28. The van der Waals surface area contributed by atoms with E-state index in [1.807, 2.05) is 12.1 Å². The largest absolute Gasteiger partial charge is 0.462 e. The summed E-state index contributed by atoms with van der Waals surface area (Å²) in [5.41, 5.74) is 1.53. The molecule has 6 heteroatoms. The van der Waals surface area contributed by atoms with E-state index in [9.17, 15) is 9.59 Å². The van der Waals surface area contributed by atoms with Crippen molar-refractivity contribution in [1.82, 2.24) is 10.6 Å². The average Bonchev–Trinajstić information content (AvgIpc) is 2.92. The Kier molecular flexibility index (Phi) is 7.26. The monoisotopic (exact) mass is 366 g/mol.